The van der Waals surface area contributed by atoms with E-state index in [1.54, 1.807) is 18.2 Å². The van der Waals surface area contributed by atoms with Gasteiger partial charge in [-0.3, -0.25) is 4.79 Å². The van der Waals surface area contributed by atoms with Crippen LogP contribution in [0.2, 0.25) is 0 Å². The van der Waals surface area contributed by atoms with E-state index in [0.29, 0.717) is 5.75 Å². The standard InChI is InChI=1S/C18H11F3O4S2/c19-9-27(23,24)15-5-4-13(11-8-18(20,21)17(22)16(11)15)25-12-2-1-3-14-10(12)6-7-26-14/h1-7H,8-9H2. The molecule has 1 heterocycles. The van der Waals surface area contributed by atoms with Crippen molar-refractivity contribution in [3.63, 3.8) is 0 Å². The van der Waals surface area contributed by atoms with Crippen LogP contribution in [0.4, 0.5) is 13.2 Å². The molecule has 0 saturated carbocycles. The number of ketones is 1. The molecule has 0 atom stereocenters. The third-order valence-corrected chi connectivity index (χ3v) is 6.52. The molecule has 3 aromatic rings. The number of hydrogen-bond donors (Lipinski definition) is 0. The number of ether oxygens (including phenoxy) is 1. The van der Waals surface area contributed by atoms with Gasteiger partial charge in [0.05, 0.1) is 4.90 Å². The third kappa shape index (κ3) is 2.81. The lowest BCUT2D eigenvalue weighted by atomic mass is 10.1. The number of Topliss-reactive ketones (excluding diaryl/α,β-unsaturated/α-hetero) is 1. The van der Waals surface area contributed by atoms with Gasteiger partial charge in [-0.15, -0.1) is 11.3 Å². The summed E-state index contributed by atoms with van der Waals surface area (Å²) in [6.45, 7) is 0. The summed E-state index contributed by atoms with van der Waals surface area (Å²) in [6, 6.07) is 7.38. The molecule has 0 radical (unpaired) electrons. The van der Waals surface area contributed by atoms with Crippen molar-refractivity contribution in [3.05, 3.63) is 52.9 Å². The summed E-state index contributed by atoms with van der Waals surface area (Å²) in [5.41, 5.74) is -0.917. The predicted octanol–water partition coefficient (Wildman–Crippen LogP) is 4.77. The van der Waals surface area contributed by atoms with Crippen LogP contribution in [-0.4, -0.2) is 26.1 Å². The second-order valence-corrected chi connectivity index (χ2v) is 8.88. The summed E-state index contributed by atoms with van der Waals surface area (Å²) < 4.78 is 71.5. The number of hydrogen-bond acceptors (Lipinski definition) is 5. The fraction of sp³-hybridized carbons (Fsp3) is 0.167. The van der Waals surface area contributed by atoms with Gasteiger partial charge in [0.15, 0.2) is 6.01 Å². The number of carbonyl (C=O) groups excluding carboxylic acids is 1. The van der Waals surface area contributed by atoms with Crippen LogP contribution < -0.4 is 4.74 Å². The molecule has 27 heavy (non-hydrogen) atoms. The van der Waals surface area contributed by atoms with Crippen LogP contribution in [-0.2, 0) is 16.3 Å². The lowest BCUT2D eigenvalue weighted by Crippen LogP contribution is -2.24. The van der Waals surface area contributed by atoms with Gasteiger partial charge in [-0.2, -0.15) is 8.78 Å². The van der Waals surface area contributed by atoms with Crippen molar-refractivity contribution < 1.29 is 31.1 Å². The van der Waals surface area contributed by atoms with Crippen LogP contribution in [0.15, 0.2) is 46.7 Å². The van der Waals surface area contributed by atoms with E-state index in [2.05, 4.69) is 0 Å². The molecule has 1 aliphatic carbocycles. The Morgan fingerprint density at radius 3 is 2.63 bits per heavy atom. The summed E-state index contributed by atoms with van der Waals surface area (Å²) in [5.74, 6) is -5.06. The van der Waals surface area contributed by atoms with Gasteiger partial charge in [0.1, 0.15) is 11.5 Å². The lowest BCUT2D eigenvalue weighted by molar-refractivity contribution is 0.0165. The minimum atomic E-state index is -4.50. The molecule has 0 aliphatic heterocycles. The molecule has 0 N–H and O–H groups in total. The van der Waals surface area contributed by atoms with Gasteiger partial charge in [0, 0.05) is 27.6 Å². The number of benzene rings is 2. The van der Waals surface area contributed by atoms with E-state index >= 15 is 0 Å². The maximum Gasteiger partial charge on any atom is 0.313 e. The average molecular weight is 412 g/mol. The van der Waals surface area contributed by atoms with Gasteiger partial charge in [-0.05, 0) is 35.7 Å². The SMILES string of the molecule is O=C1c2c(S(=O)(=O)CF)ccc(Oc3cccc4sccc34)c2CC1(F)F. The van der Waals surface area contributed by atoms with Crippen LogP contribution in [0.5, 0.6) is 11.5 Å². The maximum atomic E-state index is 14.0. The molecule has 9 heteroatoms. The van der Waals surface area contributed by atoms with Gasteiger partial charge in [0.2, 0.25) is 15.6 Å². The Morgan fingerprint density at radius 1 is 1.11 bits per heavy atom. The number of alkyl halides is 3. The van der Waals surface area contributed by atoms with Gasteiger partial charge < -0.3 is 4.74 Å². The maximum absolute atomic E-state index is 14.0. The number of thiophene rings is 1. The molecule has 0 spiro atoms. The lowest BCUT2D eigenvalue weighted by Gasteiger charge is -2.13. The Labute approximate surface area is 156 Å². The molecule has 0 unspecified atom stereocenters. The van der Waals surface area contributed by atoms with Crippen molar-refractivity contribution in [1.82, 2.24) is 0 Å². The van der Waals surface area contributed by atoms with E-state index in [-0.39, 0.29) is 11.3 Å². The van der Waals surface area contributed by atoms with E-state index in [1.807, 2.05) is 11.4 Å². The van der Waals surface area contributed by atoms with Crippen molar-refractivity contribution in [2.24, 2.45) is 0 Å². The summed E-state index contributed by atoms with van der Waals surface area (Å²) in [6.07, 6.45) is -0.994. The largest absolute Gasteiger partial charge is 0.456 e. The number of halogens is 3. The molecule has 0 bridgehead atoms. The molecular weight excluding hydrogens is 401 g/mol. The van der Waals surface area contributed by atoms with Gasteiger partial charge in [-0.1, -0.05) is 6.07 Å². The highest BCUT2D eigenvalue weighted by Gasteiger charge is 2.50. The highest BCUT2D eigenvalue weighted by Crippen LogP contribution is 2.44. The molecule has 4 nitrogen and oxygen atoms in total. The summed E-state index contributed by atoms with van der Waals surface area (Å²) >= 11 is 1.47. The Balaban J connectivity index is 1.89. The van der Waals surface area contributed by atoms with E-state index < -0.39 is 44.4 Å². The highest BCUT2D eigenvalue weighted by molar-refractivity contribution is 7.91. The monoisotopic (exact) mass is 412 g/mol. The van der Waals surface area contributed by atoms with Crippen molar-refractivity contribution in [2.45, 2.75) is 17.2 Å². The minimum absolute atomic E-state index is 0.0490. The van der Waals surface area contributed by atoms with Crippen molar-refractivity contribution in [1.29, 1.82) is 0 Å². The van der Waals surface area contributed by atoms with Gasteiger partial charge >= 0.3 is 5.92 Å². The Hall–Kier alpha value is -2.39. The van der Waals surface area contributed by atoms with Crippen LogP contribution in [0, 0.1) is 0 Å². The molecule has 4 rings (SSSR count). The van der Waals surface area contributed by atoms with Crippen molar-refractivity contribution in [3.8, 4) is 11.5 Å². The zero-order chi connectivity index (χ0) is 19.4. The number of sulfone groups is 1. The van der Waals surface area contributed by atoms with Crippen molar-refractivity contribution in [2.75, 3.05) is 6.01 Å². The molecule has 1 aromatic heterocycles. The molecule has 1 aliphatic rings. The van der Waals surface area contributed by atoms with Gasteiger partial charge in [-0.25, -0.2) is 12.8 Å². The number of fused-ring (bicyclic) bond motifs is 2. The van der Waals surface area contributed by atoms with E-state index in [9.17, 15) is 26.4 Å². The quantitative estimate of drug-likeness (QED) is 0.620. The van der Waals surface area contributed by atoms with Crippen molar-refractivity contribution >= 4 is 37.0 Å². The number of carbonyl (C=O) groups is 1. The smallest absolute Gasteiger partial charge is 0.313 e. The van der Waals surface area contributed by atoms with Crippen LogP contribution in [0.25, 0.3) is 10.1 Å². The van der Waals surface area contributed by atoms with E-state index in [4.69, 9.17) is 4.74 Å². The first-order chi connectivity index (χ1) is 12.7. The molecule has 2 aromatic carbocycles. The van der Waals surface area contributed by atoms with E-state index in [1.165, 1.54) is 17.4 Å². The molecule has 140 valence electrons. The van der Waals surface area contributed by atoms with Crippen LogP contribution in [0.3, 0.4) is 0 Å². The van der Waals surface area contributed by atoms with Crippen LogP contribution in [0.1, 0.15) is 15.9 Å². The number of rotatable bonds is 4. The highest BCUT2D eigenvalue weighted by atomic mass is 32.2. The normalized spacial score (nSPS) is 15.9. The van der Waals surface area contributed by atoms with E-state index in [0.717, 1.165) is 16.2 Å². The first-order valence-corrected chi connectivity index (χ1v) is 10.3. The summed E-state index contributed by atoms with van der Waals surface area (Å²) in [5, 5.41) is 2.60. The first-order valence-electron chi connectivity index (χ1n) is 7.76. The predicted molar refractivity (Wildman–Crippen MR) is 94.5 cm³/mol. The average Bonchev–Trinajstić information content (AvgIpc) is 3.19. The first kappa shape index (κ1) is 18.0. The fourth-order valence-corrected chi connectivity index (χ4v) is 4.83. The molecule has 0 amide bonds. The Morgan fingerprint density at radius 2 is 1.89 bits per heavy atom. The molecule has 0 saturated heterocycles. The second kappa shape index (κ2) is 6.07. The zero-order valence-electron chi connectivity index (χ0n) is 13.5. The minimum Gasteiger partial charge on any atom is -0.456 e. The third-order valence-electron chi connectivity index (χ3n) is 4.34. The Bertz CT molecular complexity index is 1180. The Kier molecular flexibility index (Phi) is 4.04. The zero-order valence-corrected chi connectivity index (χ0v) is 15.2. The molecule has 0 fully saturated rings. The summed E-state index contributed by atoms with van der Waals surface area (Å²) in [7, 11) is -4.50. The van der Waals surface area contributed by atoms with Gasteiger partial charge in [0.25, 0.3) is 0 Å². The second-order valence-electron chi connectivity index (χ2n) is 6.04. The topological polar surface area (TPSA) is 60.4 Å². The molecular formula is C18H11F3O4S2. The summed E-state index contributed by atoms with van der Waals surface area (Å²) in [4.78, 5) is 11.4. The fourth-order valence-electron chi connectivity index (χ4n) is 3.10. The van der Waals surface area contributed by atoms with Crippen LogP contribution >= 0.6 is 11.3 Å².